The van der Waals surface area contributed by atoms with Crippen LogP contribution in [0.15, 0.2) is 16.6 Å². The summed E-state index contributed by atoms with van der Waals surface area (Å²) in [7, 11) is 2.15. The van der Waals surface area contributed by atoms with Gasteiger partial charge >= 0.3 is 0 Å². The number of likely N-dealkylation sites (N-methyl/N-ethyl adjacent to an activating group) is 1. The van der Waals surface area contributed by atoms with Gasteiger partial charge in [-0.3, -0.25) is 0 Å². The molecule has 1 unspecified atom stereocenters. The van der Waals surface area contributed by atoms with E-state index in [1.807, 2.05) is 0 Å². The molecule has 1 aromatic carbocycles. The van der Waals surface area contributed by atoms with E-state index in [2.05, 4.69) is 59.2 Å². The second-order valence-corrected chi connectivity index (χ2v) is 4.87. The van der Waals surface area contributed by atoms with Gasteiger partial charge in [-0.15, -0.1) is 0 Å². The van der Waals surface area contributed by atoms with Crippen molar-refractivity contribution in [3.8, 4) is 0 Å². The van der Waals surface area contributed by atoms with Gasteiger partial charge in [-0.1, -0.05) is 15.9 Å². The summed E-state index contributed by atoms with van der Waals surface area (Å²) >= 11 is 3.53. The molecule has 0 amide bonds. The zero-order valence-corrected chi connectivity index (χ0v) is 10.4. The van der Waals surface area contributed by atoms with E-state index < -0.39 is 0 Å². The van der Waals surface area contributed by atoms with E-state index in [4.69, 9.17) is 0 Å². The predicted octanol–water partition coefficient (Wildman–Crippen LogP) is 3.01. The Kier molecular flexibility index (Phi) is 2.43. The van der Waals surface area contributed by atoms with Crippen LogP contribution >= 0.6 is 15.9 Å². The number of hydrogen-bond acceptors (Lipinski definition) is 2. The molecule has 1 aliphatic rings. The molecule has 0 aliphatic carbocycles. The molecule has 0 saturated carbocycles. The van der Waals surface area contributed by atoms with Crippen molar-refractivity contribution >= 4 is 27.3 Å². The maximum atomic E-state index is 3.53. The second kappa shape index (κ2) is 3.46. The van der Waals surface area contributed by atoms with E-state index in [0.717, 1.165) is 11.0 Å². The van der Waals surface area contributed by atoms with Crippen LogP contribution in [0.3, 0.4) is 0 Å². The zero-order chi connectivity index (χ0) is 10.3. The molecule has 0 saturated heterocycles. The topological polar surface area (TPSA) is 15.3 Å². The van der Waals surface area contributed by atoms with Crippen molar-refractivity contribution in [3.05, 3.63) is 22.2 Å². The highest BCUT2D eigenvalue weighted by Gasteiger charge is 2.20. The molecule has 0 spiro atoms. The molecule has 76 valence electrons. The van der Waals surface area contributed by atoms with E-state index in [-0.39, 0.29) is 0 Å². The second-order valence-electron chi connectivity index (χ2n) is 3.96. The molecule has 14 heavy (non-hydrogen) atoms. The lowest BCUT2D eigenvalue weighted by atomic mass is 10.1. The van der Waals surface area contributed by atoms with Gasteiger partial charge in [-0.25, -0.2) is 0 Å². The highest BCUT2D eigenvalue weighted by atomic mass is 79.9. The van der Waals surface area contributed by atoms with E-state index in [1.54, 1.807) is 0 Å². The number of halogens is 1. The summed E-state index contributed by atoms with van der Waals surface area (Å²) in [5.74, 6) is 0. The number of anilines is 2. The maximum Gasteiger partial charge on any atom is 0.0616 e. The maximum absolute atomic E-state index is 3.53. The largest absolute Gasteiger partial charge is 0.381 e. The molecule has 2 nitrogen and oxygen atoms in total. The third-order valence-electron chi connectivity index (χ3n) is 2.89. The lowest BCUT2D eigenvalue weighted by Crippen LogP contribution is -2.39. The Labute approximate surface area is 93.4 Å². The van der Waals surface area contributed by atoms with Gasteiger partial charge in [0.2, 0.25) is 0 Å². The van der Waals surface area contributed by atoms with Gasteiger partial charge in [0.05, 0.1) is 11.4 Å². The van der Waals surface area contributed by atoms with E-state index in [1.165, 1.54) is 16.9 Å². The fraction of sp³-hybridized carbons (Fsp3) is 0.455. The fourth-order valence-electron chi connectivity index (χ4n) is 1.86. The number of hydrogen-bond donors (Lipinski definition) is 1. The summed E-state index contributed by atoms with van der Waals surface area (Å²) < 4.78 is 1.15. The fourth-order valence-corrected chi connectivity index (χ4v) is 2.42. The van der Waals surface area contributed by atoms with Crippen LogP contribution in [-0.4, -0.2) is 19.6 Å². The number of nitrogens with zero attached hydrogens (tertiary/aromatic N) is 1. The number of fused-ring (bicyclic) bond motifs is 1. The Bertz CT molecular complexity index is 363. The Morgan fingerprint density at radius 3 is 2.93 bits per heavy atom. The van der Waals surface area contributed by atoms with Gasteiger partial charge in [-0.05, 0) is 31.5 Å². The predicted molar refractivity (Wildman–Crippen MR) is 65.2 cm³/mol. The smallest absolute Gasteiger partial charge is 0.0616 e. The van der Waals surface area contributed by atoms with Gasteiger partial charge < -0.3 is 10.2 Å². The van der Waals surface area contributed by atoms with Crippen molar-refractivity contribution in [2.75, 3.05) is 23.8 Å². The Balaban J connectivity index is 2.54. The van der Waals surface area contributed by atoms with Crippen LogP contribution in [0.2, 0.25) is 0 Å². The van der Waals surface area contributed by atoms with Crippen LogP contribution in [-0.2, 0) is 0 Å². The molecule has 3 heteroatoms. The van der Waals surface area contributed by atoms with Gasteiger partial charge in [0, 0.05) is 24.1 Å². The SMILES string of the molecule is Cc1cc(Br)cc2c1NCC(C)N2C. The summed E-state index contributed by atoms with van der Waals surface area (Å²) in [6.45, 7) is 5.39. The van der Waals surface area contributed by atoms with Crippen molar-refractivity contribution in [1.29, 1.82) is 0 Å². The van der Waals surface area contributed by atoms with Gasteiger partial charge in [0.1, 0.15) is 0 Å². The standard InChI is InChI=1S/C11H15BrN2/c1-7-4-9(12)5-10-11(7)13-6-8(2)14(10)3/h4-5,8,13H,6H2,1-3H3. The number of nitrogens with one attached hydrogen (secondary N) is 1. The average Bonchev–Trinajstić information content (AvgIpc) is 2.12. The first-order valence-corrected chi connectivity index (χ1v) is 5.65. The van der Waals surface area contributed by atoms with Crippen molar-refractivity contribution in [3.63, 3.8) is 0 Å². The van der Waals surface area contributed by atoms with Crippen LogP contribution in [0, 0.1) is 6.92 Å². The first-order chi connectivity index (χ1) is 6.59. The zero-order valence-electron chi connectivity index (χ0n) is 8.76. The summed E-state index contributed by atoms with van der Waals surface area (Å²) in [5, 5.41) is 3.48. The minimum absolute atomic E-state index is 0.552. The first kappa shape index (κ1) is 9.84. The first-order valence-electron chi connectivity index (χ1n) is 4.86. The Hall–Kier alpha value is -0.700. The lowest BCUT2D eigenvalue weighted by molar-refractivity contribution is 0.698. The van der Waals surface area contributed by atoms with Gasteiger partial charge in [0.15, 0.2) is 0 Å². The van der Waals surface area contributed by atoms with Crippen LogP contribution in [0.5, 0.6) is 0 Å². The normalized spacial score (nSPS) is 20.3. The molecule has 1 aliphatic heterocycles. The number of benzene rings is 1. The molecule has 1 N–H and O–H groups in total. The molecule has 2 rings (SSSR count). The highest BCUT2D eigenvalue weighted by molar-refractivity contribution is 9.10. The summed E-state index contributed by atoms with van der Waals surface area (Å²) in [4.78, 5) is 2.32. The molecule has 0 bridgehead atoms. The molecule has 0 radical (unpaired) electrons. The average molecular weight is 255 g/mol. The van der Waals surface area contributed by atoms with E-state index >= 15 is 0 Å². The van der Waals surface area contributed by atoms with Crippen molar-refractivity contribution < 1.29 is 0 Å². The van der Waals surface area contributed by atoms with Crippen LogP contribution in [0.4, 0.5) is 11.4 Å². The van der Waals surface area contributed by atoms with Crippen molar-refractivity contribution in [2.24, 2.45) is 0 Å². The minimum Gasteiger partial charge on any atom is -0.381 e. The lowest BCUT2D eigenvalue weighted by Gasteiger charge is -2.35. The molecule has 1 heterocycles. The van der Waals surface area contributed by atoms with Gasteiger partial charge in [0.25, 0.3) is 0 Å². The minimum atomic E-state index is 0.552. The summed E-state index contributed by atoms with van der Waals surface area (Å²) in [6, 6.07) is 4.87. The molecule has 0 fully saturated rings. The van der Waals surface area contributed by atoms with Crippen molar-refractivity contribution in [2.45, 2.75) is 19.9 Å². The summed E-state index contributed by atoms with van der Waals surface area (Å²) in [5.41, 5.74) is 3.86. The van der Waals surface area contributed by atoms with E-state index in [9.17, 15) is 0 Å². The monoisotopic (exact) mass is 254 g/mol. The highest BCUT2D eigenvalue weighted by Crippen LogP contribution is 2.35. The number of aryl methyl sites for hydroxylation is 1. The third kappa shape index (κ3) is 1.50. The Morgan fingerprint density at radius 1 is 1.50 bits per heavy atom. The summed E-state index contributed by atoms with van der Waals surface area (Å²) in [6.07, 6.45) is 0. The Morgan fingerprint density at radius 2 is 2.21 bits per heavy atom. The van der Waals surface area contributed by atoms with Crippen LogP contribution in [0.1, 0.15) is 12.5 Å². The van der Waals surface area contributed by atoms with Gasteiger partial charge in [-0.2, -0.15) is 0 Å². The quantitative estimate of drug-likeness (QED) is 0.766. The molecular formula is C11H15BrN2. The number of rotatable bonds is 0. The van der Waals surface area contributed by atoms with E-state index in [0.29, 0.717) is 6.04 Å². The molecule has 1 aromatic rings. The molecule has 0 aromatic heterocycles. The third-order valence-corrected chi connectivity index (χ3v) is 3.35. The van der Waals surface area contributed by atoms with Crippen LogP contribution < -0.4 is 10.2 Å². The van der Waals surface area contributed by atoms with Crippen molar-refractivity contribution in [1.82, 2.24) is 0 Å². The van der Waals surface area contributed by atoms with Crippen LogP contribution in [0.25, 0.3) is 0 Å². The molecule has 1 atom stereocenters. The molecular weight excluding hydrogens is 240 g/mol.